The number of rotatable bonds is 5. The number of hydrogen-bond donors (Lipinski definition) is 3. The van der Waals surface area contributed by atoms with Crippen LogP contribution in [0.1, 0.15) is 15.2 Å². The van der Waals surface area contributed by atoms with Crippen molar-refractivity contribution in [1.82, 2.24) is 15.0 Å². The highest BCUT2D eigenvalue weighted by molar-refractivity contribution is 7.18. The molecule has 0 aliphatic heterocycles. The molecule has 0 saturated heterocycles. The first kappa shape index (κ1) is 16.1. The Morgan fingerprint density at radius 3 is 2.96 bits per heavy atom. The van der Waals surface area contributed by atoms with Crippen molar-refractivity contribution in [3.8, 4) is 5.75 Å². The fourth-order valence-electron chi connectivity index (χ4n) is 2.64. The Labute approximate surface area is 152 Å². The molecule has 0 atom stereocenters. The van der Waals surface area contributed by atoms with Gasteiger partial charge in [0.1, 0.15) is 16.4 Å². The van der Waals surface area contributed by atoms with Gasteiger partial charge in [-0.25, -0.2) is 9.97 Å². The van der Waals surface area contributed by atoms with Gasteiger partial charge in [-0.3, -0.25) is 4.79 Å². The number of benzene rings is 2. The number of imidazole rings is 1. The van der Waals surface area contributed by atoms with Gasteiger partial charge in [0.2, 0.25) is 5.78 Å². The van der Waals surface area contributed by atoms with Crippen LogP contribution in [-0.2, 0) is 0 Å². The van der Waals surface area contributed by atoms with Crippen LogP contribution in [0.15, 0.2) is 48.8 Å². The van der Waals surface area contributed by atoms with Gasteiger partial charge in [0.25, 0.3) is 0 Å². The van der Waals surface area contributed by atoms with Crippen molar-refractivity contribution in [3.63, 3.8) is 0 Å². The monoisotopic (exact) mass is 365 g/mol. The van der Waals surface area contributed by atoms with Gasteiger partial charge in [0, 0.05) is 5.69 Å². The van der Waals surface area contributed by atoms with Crippen molar-refractivity contribution in [1.29, 1.82) is 0 Å². The lowest BCUT2D eigenvalue weighted by molar-refractivity contribution is 0.104. The van der Waals surface area contributed by atoms with Gasteiger partial charge in [-0.1, -0.05) is 23.5 Å². The van der Waals surface area contributed by atoms with Crippen LogP contribution in [0.3, 0.4) is 0 Å². The van der Waals surface area contributed by atoms with E-state index in [1.54, 1.807) is 24.5 Å². The number of nitrogens with zero attached hydrogens (tertiary/aromatic N) is 2. The zero-order chi connectivity index (χ0) is 18.1. The summed E-state index contributed by atoms with van der Waals surface area (Å²) < 4.78 is 5.26. The zero-order valence-corrected chi connectivity index (χ0v) is 14.6. The molecule has 130 valence electrons. The van der Waals surface area contributed by atoms with Gasteiger partial charge in [0.05, 0.1) is 30.0 Å². The molecule has 0 fully saturated rings. The Kier molecular flexibility index (Phi) is 4.02. The Morgan fingerprint density at radius 2 is 2.12 bits per heavy atom. The average Bonchev–Trinajstić information content (AvgIpc) is 3.27. The molecule has 0 saturated carbocycles. The Bertz CT molecular complexity index is 1100. The number of fused-ring (bicyclic) bond motifs is 1. The molecular formula is C18H15N5O2S. The van der Waals surface area contributed by atoms with E-state index in [-0.39, 0.29) is 11.6 Å². The maximum absolute atomic E-state index is 12.8. The fraction of sp³-hybridized carbons (Fsp3) is 0.0556. The molecule has 8 heteroatoms. The van der Waals surface area contributed by atoms with E-state index in [0.29, 0.717) is 21.3 Å². The number of carbonyl (C=O) groups is 1. The van der Waals surface area contributed by atoms with Gasteiger partial charge < -0.3 is 20.8 Å². The van der Waals surface area contributed by atoms with Gasteiger partial charge in [-0.15, -0.1) is 0 Å². The van der Waals surface area contributed by atoms with Crippen LogP contribution in [0.4, 0.5) is 16.6 Å². The number of nitrogens with two attached hydrogens (primary N) is 1. The smallest absolute Gasteiger partial charge is 0.210 e. The number of methoxy groups -OCH3 is 1. The molecule has 2 aromatic carbocycles. The van der Waals surface area contributed by atoms with E-state index in [1.165, 1.54) is 18.4 Å². The number of H-pyrrole nitrogens is 1. The molecule has 0 unspecified atom stereocenters. The number of ketones is 1. The third-order valence-corrected chi connectivity index (χ3v) is 4.87. The van der Waals surface area contributed by atoms with Gasteiger partial charge >= 0.3 is 0 Å². The number of carbonyl (C=O) groups excluding carboxylic acids is 1. The Balaban J connectivity index is 1.63. The van der Waals surface area contributed by atoms with Crippen molar-refractivity contribution in [3.05, 3.63) is 59.2 Å². The summed E-state index contributed by atoms with van der Waals surface area (Å²) in [5, 5.41) is 3.72. The van der Waals surface area contributed by atoms with E-state index in [0.717, 1.165) is 16.7 Å². The summed E-state index contributed by atoms with van der Waals surface area (Å²) in [4.78, 5) is 24.7. The second-order valence-electron chi connectivity index (χ2n) is 5.52. The highest BCUT2D eigenvalue weighted by Gasteiger charge is 2.21. The summed E-state index contributed by atoms with van der Waals surface area (Å²) in [5.41, 5.74) is 9.04. The molecule has 0 aliphatic rings. The lowest BCUT2D eigenvalue weighted by Gasteiger charge is -2.05. The number of hydrogen-bond acceptors (Lipinski definition) is 7. The standard InChI is InChI=1S/C18H15N5O2S/c1-25-14-5-3-2-4-11(14)15(24)16-17(19)23-18(26-16)22-10-6-7-12-13(8-10)21-9-20-12/h2-9H,19H2,1H3,(H,20,21)(H,22,23). The zero-order valence-electron chi connectivity index (χ0n) is 13.8. The van der Waals surface area contributed by atoms with E-state index < -0.39 is 0 Å². The molecule has 0 aliphatic carbocycles. The fourth-order valence-corrected chi connectivity index (χ4v) is 3.50. The SMILES string of the molecule is COc1ccccc1C(=O)c1sc(Nc2ccc3nc[nH]c3c2)nc1N. The summed E-state index contributed by atoms with van der Waals surface area (Å²) in [5.74, 6) is 0.482. The van der Waals surface area contributed by atoms with Crippen LogP contribution in [0.2, 0.25) is 0 Å². The lowest BCUT2D eigenvalue weighted by atomic mass is 10.1. The number of aromatic amines is 1. The van der Waals surface area contributed by atoms with E-state index in [2.05, 4.69) is 20.3 Å². The molecule has 4 N–H and O–H groups in total. The number of nitrogen functional groups attached to an aromatic ring is 1. The minimum Gasteiger partial charge on any atom is -0.496 e. The second kappa shape index (κ2) is 6.49. The molecule has 0 spiro atoms. The summed E-state index contributed by atoms with van der Waals surface area (Å²) >= 11 is 1.21. The topological polar surface area (TPSA) is 106 Å². The normalized spacial score (nSPS) is 10.8. The molecule has 4 rings (SSSR count). The average molecular weight is 365 g/mol. The van der Waals surface area contributed by atoms with E-state index in [1.807, 2.05) is 24.3 Å². The first-order chi connectivity index (χ1) is 12.7. The number of ether oxygens (including phenoxy) is 1. The summed E-state index contributed by atoms with van der Waals surface area (Å²) in [6.07, 6.45) is 1.64. The molecule has 26 heavy (non-hydrogen) atoms. The van der Waals surface area contributed by atoms with Gasteiger partial charge in [-0.2, -0.15) is 0 Å². The maximum Gasteiger partial charge on any atom is 0.210 e. The summed E-state index contributed by atoms with van der Waals surface area (Å²) in [6, 6.07) is 12.7. The number of nitrogens with one attached hydrogen (secondary N) is 2. The second-order valence-corrected chi connectivity index (χ2v) is 6.52. The van der Waals surface area contributed by atoms with Crippen molar-refractivity contribution in [2.45, 2.75) is 0 Å². The van der Waals surface area contributed by atoms with Crippen molar-refractivity contribution in [2.24, 2.45) is 0 Å². The minimum atomic E-state index is -0.213. The number of anilines is 3. The van der Waals surface area contributed by atoms with Crippen molar-refractivity contribution < 1.29 is 9.53 Å². The molecule has 4 aromatic rings. The first-order valence-corrected chi connectivity index (χ1v) is 8.61. The summed E-state index contributed by atoms with van der Waals surface area (Å²) in [7, 11) is 1.53. The first-order valence-electron chi connectivity index (χ1n) is 7.80. The molecule has 0 amide bonds. The number of para-hydroxylation sites is 1. The van der Waals surface area contributed by atoms with Crippen molar-refractivity contribution in [2.75, 3.05) is 18.2 Å². The third-order valence-electron chi connectivity index (χ3n) is 3.88. The van der Waals surface area contributed by atoms with E-state index in [9.17, 15) is 4.79 Å². The highest BCUT2D eigenvalue weighted by Crippen LogP contribution is 2.32. The highest BCUT2D eigenvalue weighted by atomic mass is 32.1. The van der Waals surface area contributed by atoms with Crippen LogP contribution in [0, 0.1) is 0 Å². The van der Waals surface area contributed by atoms with E-state index in [4.69, 9.17) is 10.5 Å². The van der Waals surface area contributed by atoms with Crippen LogP contribution < -0.4 is 15.8 Å². The summed E-state index contributed by atoms with van der Waals surface area (Å²) in [6.45, 7) is 0. The Morgan fingerprint density at radius 1 is 1.27 bits per heavy atom. The molecule has 2 aromatic heterocycles. The van der Waals surface area contributed by atoms with E-state index >= 15 is 0 Å². The quantitative estimate of drug-likeness (QED) is 0.467. The van der Waals surface area contributed by atoms with Crippen LogP contribution >= 0.6 is 11.3 Å². The number of thiazole rings is 1. The van der Waals surface area contributed by atoms with Crippen LogP contribution in [-0.4, -0.2) is 27.8 Å². The molecular weight excluding hydrogens is 350 g/mol. The molecule has 7 nitrogen and oxygen atoms in total. The van der Waals surface area contributed by atoms with Gasteiger partial charge in [0.15, 0.2) is 5.13 Å². The maximum atomic E-state index is 12.8. The molecule has 2 heterocycles. The molecule has 0 bridgehead atoms. The minimum absolute atomic E-state index is 0.191. The van der Waals surface area contributed by atoms with Crippen LogP contribution in [0.5, 0.6) is 5.75 Å². The van der Waals surface area contributed by atoms with Gasteiger partial charge in [-0.05, 0) is 30.3 Å². The lowest BCUT2D eigenvalue weighted by Crippen LogP contribution is -2.04. The third kappa shape index (κ3) is 2.86. The molecule has 0 radical (unpaired) electrons. The largest absolute Gasteiger partial charge is 0.496 e. The van der Waals surface area contributed by atoms with Crippen molar-refractivity contribution >= 4 is 44.8 Å². The predicted octanol–water partition coefficient (Wildman–Crippen LogP) is 3.58. The van der Waals surface area contributed by atoms with Crippen LogP contribution in [0.25, 0.3) is 11.0 Å². The number of aromatic nitrogens is 3. The Hall–Kier alpha value is -3.39. The predicted molar refractivity (Wildman–Crippen MR) is 102 cm³/mol.